The number of aromatic nitrogens is 2. The van der Waals surface area contributed by atoms with Crippen LogP contribution in [0.5, 0.6) is 0 Å². The second kappa shape index (κ2) is 4.91. The van der Waals surface area contributed by atoms with Crippen LogP contribution >= 0.6 is 0 Å². The summed E-state index contributed by atoms with van der Waals surface area (Å²) in [7, 11) is 0. The average molecular weight is 203 g/mol. The van der Waals surface area contributed by atoms with Crippen molar-refractivity contribution in [3.8, 4) is 0 Å². The number of anilines is 1. The summed E-state index contributed by atoms with van der Waals surface area (Å²) in [5.74, 6) is 0.744. The third-order valence-electron chi connectivity index (χ3n) is 2.66. The Labute approximate surface area is 90.6 Å². The number of hydrogen-bond acceptors (Lipinski definition) is 3. The van der Waals surface area contributed by atoms with E-state index in [0.29, 0.717) is 0 Å². The van der Waals surface area contributed by atoms with Gasteiger partial charge in [-0.2, -0.15) is 0 Å². The normalized spacial score (nSPS) is 15.1. The van der Waals surface area contributed by atoms with E-state index in [1.807, 2.05) is 13.0 Å². The number of hydrogen-bond donors (Lipinski definition) is 1. The third-order valence-corrected chi connectivity index (χ3v) is 2.66. The molecule has 1 aromatic rings. The molecule has 0 aliphatic heterocycles. The molecule has 0 fully saturated rings. The van der Waals surface area contributed by atoms with Gasteiger partial charge in [-0.25, -0.2) is 9.97 Å². The van der Waals surface area contributed by atoms with Crippen molar-refractivity contribution in [2.24, 2.45) is 0 Å². The average Bonchev–Trinajstić information content (AvgIpc) is 2.71. The van der Waals surface area contributed by atoms with Gasteiger partial charge in [-0.3, -0.25) is 0 Å². The van der Waals surface area contributed by atoms with Gasteiger partial charge in [0.2, 0.25) is 5.95 Å². The first-order valence-electron chi connectivity index (χ1n) is 5.56. The molecule has 0 spiro atoms. The lowest BCUT2D eigenvalue weighted by atomic mass is 10.2. The minimum absolute atomic E-state index is 0.744. The molecule has 0 aromatic carbocycles. The monoisotopic (exact) mass is 203 g/mol. The van der Waals surface area contributed by atoms with Gasteiger partial charge < -0.3 is 5.32 Å². The molecule has 15 heavy (non-hydrogen) atoms. The van der Waals surface area contributed by atoms with Crippen LogP contribution in [0, 0.1) is 6.92 Å². The Morgan fingerprint density at radius 3 is 3.13 bits per heavy atom. The summed E-state index contributed by atoms with van der Waals surface area (Å²) in [6.07, 6.45) is 9.14. The van der Waals surface area contributed by atoms with Crippen LogP contribution in [0.1, 0.15) is 31.4 Å². The highest BCUT2D eigenvalue weighted by atomic mass is 15.1. The van der Waals surface area contributed by atoms with Crippen LogP contribution in [0.3, 0.4) is 0 Å². The van der Waals surface area contributed by atoms with Crippen LogP contribution < -0.4 is 5.32 Å². The molecule has 3 nitrogen and oxygen atoms in total. The highest BCUT2D eigenvalue weighted by molar-refractivity contribution is 5.25. The number of nitrogens with zero attached hydrogens (tertiary/aromatic N) is 2. The SMILES string of the molecule is Cc1ccnc(NCCC2=CCCC2)n1. The number of nitrogens with one attached hydrogen (secondary N) is 1. The van der Waals surface area contributed by atoms with Crippen molar-refractivity contribution in [1.82, 2.24) is 9.97 Å². The maximum absolute atomic E-state index is 4.30. The first-order chi connectivity index (χ1) is 7.34. The molecule has 0 unspecified atom stereocenters. The smallest absolute Gasteiger partial charge is 0.222 e. The summed E-state index contributed by atoms with van der Waals surface area (Å²) >= 11 is 0. The highest BCUT2D eigenvalue weighted by Crippen LogP contribution is 2.20. The van der Waals surface area contributed by atoms with E-state index < -0.39 is 0 Å². The summed E-state index contributed by atoms with van der Waals surface area (Å²) in [6.45, 7) is 2.92. The van der Waals surface area contributed by atoms with E-state index in [-0.39, 0.29) is 0 Å². The third kappa shape index (κ3) is 3.05. The highest BCUT2D eigenvalue weighted by Gasteiger charge is 2.03. The van der Waals surface area contributed by atoms with Crippen molar-refractivity contribution in [3.05, 3.63) is 29.6 Å². The molecule has 0 radical (unpaired) electrons. The van der Waals surface area contributed by atoms with Crippen molar-refractivity contribution in [2.75, 3.05) is 11.9 Å². The fraction of sp³-hybridized carbons (Fsp3) is 0.500. The summed E-state index contributed by atoms with van der Waals surface area (Å²) in [5.41, 5.74) is 2.59. The molecule has 1 heterocycles. The van der Waals surface area contributed by atoms with E-state index >= 15 is 0 Å². The summed E-state index contributed by atoms with van der Waals surface area (Å²) in [4.78, 5) is 8.46. The lowest BCUT2D eigenvalue weighted by Gasteiger charge is -2.05. The van der Waals surface area contributed by atoms with Gasteiger partial charge in [0.1, 0.15) is 0 Å². The van der Waals surface area contributed by atoms with Gasteiger partial charge in [0.05, 0.1) is 0 Å². The van der Waals surface area contributed by atoms with Gasteiger partial charge in [-0.15, -0.1) is 0 Å². The van der Waals surface area contributed by atoms with Gasteiger partial charge >= 0.3 is 0 Å². The summed E-state index contributed by atoms with van der Waals surface area (Å²) < 4.78 is 0. The quantitative estimate of drug-likeness (QED) is 0.764. The van der Waals surface area contributed by atoms with Gasteiger partial charge in [-0.05, 0) is 38.7 Å². The standard InChI is InChI=1S/C12H17N3/c1-10-6-8-13-12(15-10)14-9-7-11-4-2-3-5-11/h4,6,8H,2-3,5,7,9H2,1H3,(H,13,14,15). The molecular formula is C12H17N3. The molecule has 1 aliphatic rings. The number of allylic oxidation sites excluding steroid dienone is 1. The van der Waals surface area contributed by atoms with Crippen LogP contribution in [-0.4, -0.2) is 16.5 Å². The lowest BCUT2D eigenvalue weighted by Crippen LogP contribution is -2.06. The molecular weight excluding hydrogens is 186 g/mol. The maximum Gasteiger partial charge on any atom is 0.222 e. The van der Waals surface area contributed by atoms with Crippen molar-refractivity contribution in [1.29, 1.82) is 0 Å². The molecule has 1 aliphatic carbocycles. The zero-order chi connectivity index (χ0) is 10.5. The molecule has 0 amide bonds. The van der Waals surface area contributed by atoms with E-state index in [1.165, 1.54) is 19.3 Å². The van der Waals surface area contributed by atoms with E-state index in [9.17, 15) is 0 Å². The van der Waals surface area contributed by atoms with Gasteiger partial charge in [0, 0.05) is 18.4 Å². The van der Waals surface area contributed by atoms with E-state index in [0.717, 1.165) is 24.6 Å². The summed E-state index contributed by atoms with van der Waals surface area (Å²) in [6, 6.07) is 1.91. The van der Waals surface area contributed by atoms with E-state index in [4.69, 9.17) is 0 Å². The maximum atomic E-state index is 4.30. The van der Waals surface area contributed by atoms with Gasteiger partial charge in [-0.1, -0.05) is 11.6 Å². The fourth-order valence-electron chi connectivity index (χ4n) is 1.83. The lowest BCUT2D eigenvalue weighted by molar-refractivity contribution is 0.858. The first-order valence-corrected chi connectivity index (χ1v) is 5.56. The Kier molecular flexibility index (Phi) is 3.33. The topological polar surface area (TPSA) is 37.8 Å². The molecule has 0 atom stereocenters. The number of aryl methyl sites for hydroxylation is 1. The zero-order valence-corrected chi connectivity index (χ0v) is 9.16. The first kappa shape index (κ1) is 10.1. The van der Waals surface area contributed by atoms with Crippen LogP contribution in [0.2, 0.25) is 0 Å². The summed E-state index contributed by atoms with van der Waals surface area (Å²) in [5, 5.41) is 3.25. The van der Waals surface area contributed by atoms with Crippen LogP contribution in [0.15, 0.2) is 23.9 Å². The van der Waals surface area contributed by atoms with Crippen LogP contribution in [0.25, 0.3) is 0 Å². The van der Waals surface area contributed by atoms with Crippen molar-refractivity contribution < 1.29 is 0 Å². The Bertz CT molecular complexity index is 358. The zero-order valence-electron chi connectivity index (χ0n) is 9.16. The predicted molar refractivity (Wildman–Crippen MR) is 61.8 cm³/mol. The molecule has 0 saturated heterocycles. The Morgan fingerprint density at radius 1 is 1.47 bits per heavy atom. The molecule has 3 heteroatoms. The predicted octanol–water partition coefficient (Wildman–Crippen LogP) is 2.70. The second-order valence-electron chi connectivity index (χ2n) is 3.95. The van der Waals surface area contributed by atoms with E-state index in [2.05, 4.69) is 21.4 Å². The fourth-order valence-corrected chi connectivity index (χ4v) is 1.83. The molecule has 1 N–H and O–H groups in total. The second-order valence-corrected chi connectivity index (χ2v) is 3.95. The minimum atomic E-state index is 0.744. The van der Waals surface area contributed by atoms with Gasteiger partial charge in [0.25, 0.3) is 0 Å². The molecule has 0 bridgehead atoms. The van der Waals surface area contributed by atoms with E-state index in [1.54, 1.807) is 11.8 Å². The Balaban J connectivity index is 1.78. The molecule has 80 valence electrons. The van der Waals surface area contributed by atoms with Crippen molar-refractivity contribution in [2.45, 2.75) is 32.6 Å². The largest absolute Gasteiger partial charge is 0.354 e. The Morgan fingerprint density at radius 2 is 2.40 bits per heavy atom. The number of rotatable bonds is 4. The molecule has 1 aromatic heterocycles. The molecule has 2 rings (SSSR count). The van der Waals surface area contributed by atoms with Gasteiger partial charge in [0.15, 0.2) is 0 Å². The van der Waals surface area contributed by atoms with Crippen LogP contribution in [0.4, 0.5) is 5.95 Å². The minimum Gasteiger partial charge on any atom is -0.354 e. The van der Waals surface area contributed by atoms with Crippen molar-refractivity contribution >= 4 is 5.95 Å². The van der Waals surface area contributed by atoms with Crippen LogP contribution in [-0.2, 0) is 0 Å². The Hall–Kier alpha value is -1.38. The molecule has 0 saturated carbocycles. The van der Waals surface area contributed by atoms with Crippen molar-refractivity contribution in [3.63, 3.8) is 0 Å².